The van der Waals surface area contributed by atoms with Crippen molar-refractivity contribution in [2.24, 2.45) is 5.92 Å². The molecule has 1 saturated heterocycles. The van der Waals surface area contributed by atoms with Gasteiger partial charge in [0.25, 0.3) is 0 Å². The molecule has 0 aliphatic carbocycles. The van der Waals surface area contributed by atoms with Gasteiger partial charge in [0, 0.05) is 36.8 Å². The van der Waals surface area contributed by atoms with Gasteiger partial charge in [-0.3, -0.25) is 9.10 Å². The van der Waals surface area contributed by atoms with Crippen molar-refractivity contribution in [2.45, 2.75) is 52.5 Å². The lowest BCUT2D eigenvalue weighted by molar-refractivity contribution is -0.121. The molecule has 1 atom stereocenters. The molecule has 0 aromatic heterocycles. The monoisotopic (exact) mass is 505 g/mol. The van der Waals surface area contributed by atoms with Crippen molar-refractivity contribution in [3.05, 3.63) is 58.6 Å². The number of carbonyl (C=O) groups excluding carboxylic acids is 1. The first-order valence-corrected chi connectivity index (χ1v) is 14.2. The van der Waals surface area contributed by atoms with Crippen LogP contribution in [0.15, 0.2) is 42.5 Å². The second kappa shape index (κ2) is 11.5. The summed E-state index contributed by atoms with van der Waals surface area (Å²) in [5, 5.41) is 3.54. The summed E-state index contributed by atoms with van der Waals surface area (Å²) >= 11 is 6.18. The van der Waals surface area contributed by atoms with Gasteiger partial charge in [0.15, 0.2) is 0 Å². The van der Waals surface area contributed by atoms with E-state index in [4.69, 9.17) is 11.6 Å². The molecule has 34 heavy (non-hydrogen) atoms. The Hall–Kier alpha value is -2.25. The standard InChI is InChI=1S/C26H36ClN3O3S/c1-19-14-17-29(18-15-19)23-12-10-22(11-13-23)21(3)28-26(31)9-6-16-30(34(4,32)33)25-8-5-7-24(27)20(25)2/h5,7-8,10-13,19,21H,6,9,14-18H2,1-4H3,(H,28,31). The van der Waals surface area contributed by atoms with Crippen LogP contribution in [0.5, 0.6) is 0 Å². The van der Waals surface area contributed by atoms with Gasteiger partial charge in [-0.25, -0.2) is 8.42 Å². The summed E-state index contributed by atoms with van der Waals surface area (Å²) in [7, 11) is -3.50. The molecule has 1 amide bonds. The molecule has 3 rings (SSSR count). The molecule has 2 aromatic carbocycles. The fourth-order valence-corrected chi connectivity index (χ4v) is 5.54. The maximum absolute atomic E-state index is 12.6. The van der Waals surface area contributed by atoms with Crippen LogP contribution < -0.4 is 14.5 Å². The van der Waals surface area contributed by atoms with Gasteiger partial charge in [-0.15, -0.1) is 0 Å². The number of benzene rings is 2. The van der Waals surface area contributed by atoms with Gasteiger partial charge in [-0.1, -0.05) is 36.7 Å². The number of anilines is 2. The molecule has 6 nitrogen and oxygen atoms in total. The number of rotatable bonds is 9. The fraction of sp³-hybridized carbons (Fsp3) is 0.500. The Kier molecular flexibility index (Phi) is 8.88. The summed E-state index contributed by atoms with van der Waals surface area (Å²) in [6.45, 7) is 8.46. The number of hydrogen-bond donors (Lipinski definition) is 1. The van der Waals surface area contributed by atoms with Crippen LogP contribution in [0, 0.1) is 12.8 Å². The minimum Gasteiger partial charge on any atom is -0.372 e. The number of amides is 1. The minimum atomic E-state index is -3.50. The smallest absolute Gasteiger partial charge is 0.232 e. The lowest BCUT2D eigenvalue weighted by Gasteiger charge is -2.32. The molecule has 0 bridgehead atoms. The number of carbonyl (C=O) groups is 1. The van der Waals surface area contributed by atoms with E-state index in [0.29, 0.717) is 22.7 Å². The zero-order chi connectivity index (χ0) is 24.9. The molecule has 1 unspecified atom stereocenters. The van der Waals surface area contributed by atoms with Crippen LogP contribution in [0.1, 0.15) is 56.7 Å². The maximum atomic E-state index is 12.6. The quantitative estimate of drug-likeness (QED) is 0.501. The van der Waals surface area contributed by atoms with E-state index in [1.165, 1.54) is 29.1 Å². The Morgan fingerprint density at radius 2 is 1.82 bits per heavy atom. The van der Waals surface area contributed by atoms with E-state index in [0.717, 1.165) is 24.6 Å². The third-order valence-corrected chi connectivity index (χ3v) is 8.18. The molecule has 1 aliphatic rings. The van der Waals surface area contributed by atoms with Gasteiger partial charge in [-0.05, 0) is 74.4 Å². The zero-order valence-electron chi connectivity index (χ0n) is 20.6. The Morgan fingerprint density at radius 1 is 1.18 bits per heavy atom. The maximum Gasteiger partial charge on any atom is 0.232 e. The van der Waals surface area contributed by atoms with E-state index < -0.39 is 10.0 Å². The molecule has 8 heteroatoms. The Balaban J connectivity index is 1.53. The normalized spacial score (nSPS) is 15.7. The topological polar surface area (TPSA) is 69.7 Å². The first kappa shape index (κ1) is 26.4. The van der Waals surface area contributed by atoms with Crippen LogP contribution >= 0.6 is 11.6 Å². The number of hydrogen-bond acceptors (Lipinski definition) is 4. The van der Waals surface area contributed by atoms with Crippen molar-refractivity contribution >= 4 is 38.9 Å². The van der Waals surface area contributed by atoms with Crippen LogP contribution in [-0.4, -0.2) is 40.2 Å². The molecule has 1 fully saturated rings. The largest absolute Gasteiger partial charge is 0.372 e. The number of nitrogens with zero attached hydrogens (tertiary/aromatic N) is 2. The van der Waals surface area contributed by atoms with Crippen molar-refractivity contribution in [1.29, 1.82) is 0 Å². The van der Waals surface area contributed by atoms with E-state index in [1.807, 2.05) is 6.92 Å². The van der Waals surface area contributed by atoms with Crippen LogP contribution in [0.4, 0.5) is 11.4 Å². The summed E-state index contributed by atoms with van der Waals surface area (Å²) < 4.78 is 26.1. The van der Waals surface area contributed by atoms with E-state index in [2.05, 4.69) is 41.4 Å². The lowest BCUT2D eigenvalue weighted by atomic mass is 9.98. The first-order valence-electron chi connectivity index (χ1n) is 11.9. The van der Waals surface area contributed by atoms with Crippen molar-refractivity contribution in [3.8, 4) is 0 Å². The Bertz CT molecular complexity index is 1080. The van der Waals surface area contributed by atoms with Crippen LogP contribution in [0.25, 0.3) is 0 Å². The minimum absolute atomic E-state index is 0.0992. The summed E-state index contributed by atoms with van der Waals surface area (Å²) in [5.74, 6) is 0.697. The highest BCUT2D eigenvalue weighted by Crippen LogP contribution is 2.29. The highest BCUT2D eigenvalue weighted by Gasteiger charge is 2.21. The highest BCUT2D eigenvalue weighted by molar-refractivity contribution is 7.92. The molecule has 1 N–H and O–H groups in total. The first-order chi connectivity index (χ1) is 16.1. The van der Waals surface area contributed by atoms with Crippen molar-refractivity contribution in [1.82, 2.24) is 5.32 Å². The van der Waals surface area contributed by atoms with Gasteiger partial charge >= 0.3 is 0 Å². The third-order valence-electron chi connectivity index (χ3n) is 6.59. The van der Waals surface area contributed by atoms with E-state index in [1.54, 1.807) is 25.1 Å². The summed E-state index contributed by atoms with van der Waals surface area (Å²) in [5.41, 5.74) is 3.53. The molecule has 0 spiro atoms. The predicted octanol–water partition coefficient (Wildman–Crippen LogP) is 5.31. The average molecular weight is 506 g/mol. The summed E-state index contributed by atoms with van der Waals surface area (Å²) in [4.78, 5) is 15.0. The second-order valence-electron chi connectivity index (χ2n) is 9.37. The SMILES string of the molecule is Cc1c(Cl)cccc1N(CCCC(=O)NC(C)c1ccc(N2CCC(C)CC2)cc1)S(C)(=O)=O. The molecule has 1 aliphatic heterocycles. The van der Waals surface area contributed by atoms with Crippen molar-refractivity contribution in [3.63, 3.8) is 0 Å². The Morgan fingerprint density at radius 3 is 2.44 bits per heavy atom. The number of nitrogens with one attached hydrogen (secondary N) is 1. The molecule has 1 heterocycles. The molecular weight excluding hydrogens is 470 g/mol. The van der Waals surface area contributed by atoms with Gasteiger partial charge < -0.3 is 10.2 Å². The van der Waals surface area contributed by atoms with Crippen molar-refractivity contribution in [2.75, 3.05) is 35.1 Å². The lowest BCUT2D eigenvalue weighted by Crippen LogP contribution is -2.33. The van der Waals surface area contributed by atoms with Gasteiger partial charge in [-0.2, -0.15) is 0 Å². The predicted molar refractivity (Wildman–Crippen MR) is 141 cm³/mol. The number of halogens is 1. The number of sulfonamides is 1. The second-order valence-corrected chi connectivity index (χ2v) is 11.7. The molecule has 0 radical (unpaired) electrons. The Labute approximate surface area is 209 Å². The van der Waals surface area contributed by atoms with Crippen LogP contribution in [0.2, 0.25) is 5.02 Å². The van der Waals surface area contributed by atoms with Crippen molar-refractivity contribution < 1.29 is 13.2 Å². The summed E-state index contributed by atoms with van der Waals surface area (Å²) in [6, 6.07) is 13.5. The third kappa shape index (κ3) is 6.89. The molecular formula is C26H36ClN3O3S. The van der Waals surface area contributed by atoms with Crippen LogP contribution in [-0.2, 0) is 14.8 Å². The summed E-state index contributed by atoms with van der Waals surface area (Å²) in [6.07, 6.45) is 4.26. The molecule has 0 saturated carbocycles. The van der Waals surface area contributed by atoms with E-state index >= 15 is 0 Å². The van der Waals surface area contributed by atoms with E-state index in [-0.39, 0.29) is 24.9 Å². The van der Waals surface area contributed by atoms with Gasteiger partial charge in [0.2, 0.25) is 15.9 Å². The molecule has 2 aromatic rings. The number of piperidine rings is 1. The van der Waals surface area contributed by atoms with E-state index in [9.17, 15) is 13.2 Å². The fourth-order valence-electron chi connectivity index (χ4n) is 4.35. The zero-order valence-corrected chi connectivity index (χ0v) is 22.1. The van der Waals surface area contributed by atoms with Gasteiger partial charge in [0.1, 0.15) is 0 Å². The highest BCUT2D eigenvalue weighted by atomic mass is 35.5. The average Bonchev–Trinajstić information content (AvgIpc) is 2.79. The van der Waals surface area contributed by atoms with Crippen LogP contribution in [0.3, 0.4) is 0 Å². The van der Waals surface area contributed by atoms with Gasteiger partial charge in [0.05, 0.1) is 18.0 Å². The molecule has 186 valence electrons.